The quantitative estimate of drug-likeness (QED) is 0.340. The summed E-state index contributed by atoms with van der Waals surface area (Å²) in [5.74, 6) is 0.547. The summed E-state index contributed by atoms with van der Waals surface area (Å²) >= 11 is 0. The first-order chi connectivity index (χ1) is 18.4. The van der Waals surface area contributed by atoms with E-state index in [1.54, 1.807) is 0 Å². The zero-order chi connectivity index (χ0) is 26.6. The molecule has 1 aliphatic carbocycles. The Labute approximate surface area is 223 Å². The molecule has 1 aliphatic rings. The van der Waals surface area contributed by atoms with Gasteiger partial charge in [0.05, 0.1) is 6.54 Å². The van der Waals surface area contributed by atoms with Gasteiger partial charge in [-0.15, -0.1) is 0 Å². The number of nitrogens with two attached hydrogens (primary N) is 1. The molecule has 2 aromatic heterocycles. The molecule has 7 nitrogen and oxygen atoms in total. The van der Waals surface area contributed by atoms with E-state index < -0.39 is 11.9 Å². The number of pyridine rings is 1. The number of aromatic nitrogens is 3. The first kappa shape index (κ1) is 25.6. The molecule has 2 aromatic carbocycles. The number of nitrogens with zero attached hydrogens (tertiary/aromatic N) is 3. The number of primary amides is 1. The molecule has 2 heterocycles. The molecule has 0 bridgehead atoms. The number of imidazole rings is 1. The SMILES string of the molecule is CC(C)c1nc2cccnc2n1Cc1ccc([C@H]2CCCC[C@@H]2C(=O)NC(C(N)=O)c2ccccc2)cc1. The standard InChI is InChI=1S/C31H35N5O2/c1-20(2)29-34-26-13-8-18-33-30(26)36(29)19-21-14-16-22(17-15-21)24-11-6-7-12-25(24)31(38)35-27(28(32)37)23-9-4-3-5-10-23/h3-5,8-10,13-18,20,24-25,27H,6-7,11-12,19H2,1-2H3,(H2,32,37)(H,35,38)/t24-,25+,27?/m1/s1. The zero-order valence-corrected chi connectivity index (χ0v) is 22.0. The van der Waals surface area contributed by atoms with Gasteiger partial charge < -0.3 is 15.6 Å². The van der Waals surface area contributed by atoms with Crippen molar-refractivity contribution >= 4 is 23.0 Å². The van der Waals surface area contributed by atoms with Crippen LogP contribution >= 0.6 is 0 Å². The third-order valence-corrected chi connectivity index (χ3v) is 7.61. The van der Waals surface area contributed by atoms with Crippen LogP contribution in [-0.2, 0) is 16.1 Å². The summed E-state index contributed by atoms with van der Waals surface area (Å²) in [6.45, 7) is 4.98. The largest absolute Gasteiger partial charge is 0.368 e. The molecule has 0 radical (unpaired) electrons. The second-order valence-electron chi connectivity index (χ2n) is 10.6. The molecule has 38 heavy (non-hydrogen) atoms. The topological polar surface area (TPSA) is 103 Å². The molecular weight excluding hydrogens is 474 g/mol. The number of amides is 2. The molecule has 0 spiro atoms. The van der Waals surface area contributed by atoms with E-state index >= 15 is 0 Å². The summed E-state index contributed by atoms with van der Waals surface area (Å²) in [5, 5.41) is 2.95. The van der Waals surface area contributed by atoms with Crippen LogP contribution in [0.25, 0.3) is 11.2 Å². The minimum absolute atomic E-state index is 0.101. The molecule has 196 valence electrons. The third-order valence-electron chi connectivity index (χ3n) is 7.61. The number of fused-ring (bicyclic) bond motifs is 1. The summed E-state index contributed by atoms with van der Waals surface area (Å²) in [5.41, 5.74) is 10.5. The van der Waals surface area contributed by atoms with E-state index in [9.17, 15) is 9.59 Å². The number of carbonyl (C=O) groups excluding carboxylic acids is 2. The van der Waals surface area contributed by atoms with E-state index in [2.05, 4.69) is 53.0 Å². The zero-order valence-electron chi connectivity index (χ0n) is 22.0. The number of carbonyl (C=O) groups is 2. The molecule has 7 heteroatoms. The molecule has 1 fully saturated rings. The van der Waals surface area contributed by atoms with Gasteiger partial charge >= 0.3 is 0 Å². The van der Waals surface area contributed by atoms with E-state index in [-0.39, 0.29) is 23.7 Å². The van der Waals surface area contributed by atoms with Gasteiger partial charge in [-0.3, -0.25) is 9.59 Å². The van der Waals surface area contributed by atoms with Crippen molar-refractivity contribution in [3.8, 4) is 0 Å². The number of rotatable bonds is 8. The lowest BCUT2D eigenvalue weighted by Gasteiger charge is -2.32. The van der Waals surface area contributed by atoms with Crippen molar-refractivity contribution in [3.63, 3.8) is 0 Å². The number of nitrogens with one attached hydrogen (secondary N) is 1. The van der Waals surface area contributed by atoms with Gasteiger partial charge in [0.15, 0.2) is 5.65 Å². The highest BCUT2D eigenvalue weighted by atomic mass is 16.2. The normalized spacial score (nSPS) is 18.4. The van der Waals surface area contributed by atoms with Crippen LogP contribution in [0.2, 0.25) is 0 Å². The van der Waals surface area contributed by atoms with Crippen LogP contribution < -0.4 is 11.1 Å². The highest BCUT2D eigenvalue weighted by molar-refractivity contribution is 5.89. The van der Waals surface area contributed by atoms with Gasteiger partial charge in [0.25, 0.3) is 0 Å². The predicted octanol–water partition coefficient (Wildman–Crippen LogP) is 5.22. The molecular formula is C31H35N5O2. The van der Waals surface area contributed by atoms with Crippen molar-refractivity contribution in [2.75, 3.05) is 0 Å². The van der Waals surface area contributed by atoms with Crippen LogP contribution in [0.3, 0.4) is 0 Å². The van der Waals surface area contributed by atoms with Gasteiger partial charge in [-0.25, -0.2) is 9.97 Å². The van der Waals surface area contributed by atoms with Crippen LogP contribution in [0, 0.1) is 5.92 Å². The van der Waals surface area contributed by atoms with Gasteiger partial charge in [0.2, 0.25) is 11.8 Å². The van der Waals surface area contributed by atoms with Crippen LogP contribution in [0.1, 0.15) is 79.9 Å². The van der Waals surface area contributed by atoms with E-state index in [1.165, 1.54) is 0 Å². The Balaban J connectivity index is 1.35. The van der Waals surface area contributed by atoms with Crippen LogP contribution in [-0.4, -0.2) is 26.3 Å². The number of hydrogen-bond acceptors (Lipinski definition) is 4. The van der Waals surface area contributed by atoms with Crippen molar-refractivity contribution in [2.45, 2.75) is 64.0 Å². The Bertz CT molecular complexity index is 1410. The smallest absolute Gasteiger partial charge is 0.244 e. The fourth-order valence-corrected chi connectivity index (χ4v) is 5.68. The summed E-state index contributed by atoms with van der Waals surface area (Å²) in [6.07, 6.45) is 5.62. The molecule has 1 unspecified atom stereocenters. The first-order valence-corrected chi connectivity index (χ1v) is 13.5. The minimum atomic E-state index is -0.831. The van der Waals surface area contributed by atoms with Crippen LogP contribution in [0.15, 0.2) is 72.9 Å². The van der Waals surface area contributed by atoms with Crippen molar-refractivity contribution in [3.05, 3.63) is 95.4 Å². The molecule has 2 amide bonds. The van der Waals surface area contributed by atoms with Gasteiger partial charge in [0.1, 0.15) is 17.4 Å². The highest BCUT2D eigenvalue weighted by Crippen LogP contribution is 2.38. The second kappa shape index (κ2) is 11.2. The molecule has 5 rings (SSSR count). The summed E-state index contributed by atoms with van der Waals surface area (Å²) in [7, 11) is 0. The van der Waals surface area contributed by atoms with E-state index in [0.717, 1.165) is 53.8 Å². The summed E-state index contributed by atoms with van der Waals surface area (Å²) in [6, 6.07) is 20.9. The average Bonchev–Trinajstić information content (AvgIpc) is 3.31. The third kappa shape index (κ3) is 5.32. The molecule has 0 aliphatic heterocycles. The van der Waals surface area contributed by atoms with E-state index in [0.29, 0.717) is 12.1 Å². The van der Waals surface area contributed by atoms with E-state index in [4.69, 9.17) is 10.7 Å². The molecule has 3 N–H and O–H groups in total. The van der Waals surface area contributed by atoms with Crippen LogP contribution in [0.5, 0.6) is 0 Å². The second-order valence-corrected chi connectivity index (χ2v) is 10.6. The van der Waals surface area contributed by atoms with Crippen molar-refractivity contribution in [1.29, 1.82) is 0 Å². The van der Waals surface area contributed by atoms with Crippen molar-refractivity contribution in [2.24, 2.45) is 11.7 Å². The Morgan fingerprint density at radius 3 is 2.45 bits per heavy atom. The molecule has 4 aromatic rings. The Morgan fingerprint density at radius 2 is 1.74 bits per heavy atom. The molecule has 1 saturated carbocycles. The maximum Gasteiger partial charge on any atom is 0.244 e. The van der Waals surface area contributed by atoms with Crippen LogP contribution in [0.4, 0.5) is 0 Å². The van der Waals surface area contributed by atoms with Gasteiger partial charge in [-0.2, -0.15) is 0 Å². The lowest BCUT2D eigenvalue weighted by Crippen LogP contribution is -2.42. The van der Waals surface area contributed by atoms with Gasteiger partial charge in [-0.1, -0.05) is 81.3 Å². The van der Waals surface area contributed by atoms with Crippen molar-refractivity contribution < 1.29 is 9.59 Å². The average molecular weight is 510 g/mol. The van der Waals surface area contributed by atoms with Crippen molar-refractivity contribution in [1.82, 2.24) is 19.9 Å². The number of hydrogen-bond donors (Lipinski definition) is 2. The maximum absolute atomic E-state index is 13.4. The highest BCUT2D eigenvalue weighted by Gasteiger charge is 2.34. The minimum Gasteiger partial charge on any atom is -0.368 e. The lowest BCUT2D eigenvalue weighted by atomic mass is 9.74. The molecule has 3 atom stereocenters. The monoisotopic (exact) mass is 509 g/mol. The molecule has 0 saturated heterocycles. The number of benzene rings is 2. The fraction of sp³-hybridized carbons (Fsp3) is 0.355. The Kier molecular flexibility index (Phi) is 7.54. The maximum atomic E-state index is 13.4. The van der Waals surface area contributed by atoms with Gasteiger partial charge in [-0.05, 0) is 47.6 Å². The Morgan fingerprint density at radius 1 is 1.00 bits per heavy atom. The predicted molar refractivity (Wildman–Crippen MR) is 148 cm³/mol. The van der Waals surface area contributed by atoms with Gasteiger partial charge in [0, 0.05) is 18.0 Å². The summed E-state index contributed by atoms with van der Waals surface area (Å²) < 4.78 is 2.19. The Hall–Kier alpha value is -4.00. The van der Waals surface area contributed by atoms with E-state index in [1.807, 2.05) is 48.7 Å². The first-order valence-electron chi connectivity index (χ1n) is 13.5. The lowest BCUT2D eigenvalue weighted by molar-refractivity contribution is -0.131. The fourth-order valence-electron chi connectivity index (χ4n) is 5.68. The summed E-state index contributed by atoms with van der Waals surface area (Å²) in [4.78, 5) is 35.0.